The number of rotatable bonds is 2. The molecule has 0 saturated heterocycles. The molecule has 5 heteroatoms. The van der Waals surface area contributed by atoms with Crippen LogP contribution in [0, 0.1) is 9.39 Å². The van der Waals surface area contributed by atoms with Crippen LogP contribution in [0.25, 0.3) is 0 Å². The summed E-state index contributed by atoms with van der Waals surface area (Å²) >= 11 is 4.98. The summed E-state index contributed by atoms with van der Waals surface area (Å²) in [6.07, 6.45) is -0.283. The summed E-state index contributed by atoms with van der Waals surface area (Å²) in [6.45, 7) is 0. The van der Waals surface area contributed by atoms with Crippen molar-refractivity contribution in [2.24, 2.45) is 0 Å². The Labute approximate surface area is 96.4 Å². The molecule has 0 unspecified atom stereocenters. The predicted octanol–water partition coefficient (Wildman–Crippen LogP) is 2.82. The molecule has 70 valence electrons. The van der Waals surface area contributed by atoms with Gasteiger partial charge in [0.2, 0.25) is 0 Å². The fourth-order valence-corrected chi connectivity index (χ4v) is 1.70. The number of aliphatic carboxylic acids is 1. The standard InChI is InChI=1S/C8H5BrFIO2/c9-5-2-1-4(3-6(12)13)7(10)8(5)11/h1-2H,3H2,(H,12,13). The average Bonchev–Trinajstić information content (AvgIpc) is 2.06. The van der Waals surface area contributed by atoms with Crippen LogP contribution in [0.3, 0.4) is 0 Å². The molecule has 0 fully saturated rings. The molecule has 0 amide bonds. The Balaban J connectivity index is 3.10. The predicted molar refractivity (Wildman–Crippen MR) is 58.2 cm³/mol. The molecule has 0 aliphatic carbocycles. The summed E-state index contributed by atoms with van der Waals surface area (Å²) in [5.41, 5.74) is 0.208. The van der Waals surface area contributed by atoms with Crippen molar-refractivity contribution >= 4 is 44.5 Å². The van der Waals surface area contributed by atoms with Crippen LogP contribution in [0.4, 0.5) is 4.39 Å². The van der Waals surface area contributed by atoms with E-state index in [1.807, 2.05) is 22.6 Å². The Morgan fingerprint density at radius 3 is 2.77 bits per heavy atom. The number of carboxylic acid groups (broad SMARTS) is 1. The number of hydrogen-bond acceptors (Lipinski definition) is 1. The Morgan fingerprint density at radius 2 is 2.23 bits per heavy atom. The number of hydrogen-bond donors (Lipinski definition) is 1. The van der Waals surface area contributed by atoms with Crippen LogP contribution in [0.2, 0.25) is 0 Å². The van der Waals surface area contributed by atoms with Gasteiger partial charge in [0.1, 0.15) is 5.82 Å². The third-order valence-corrected chi connectivity index (χ3v) is 3.91. The van der Waals surface area contributed by atoms with Crippen molar-refractivity contribution in [1.82, 2.24) is 0 Å². The van der Waals surface area contributed by atoms with Crippen LogP contribution >= 0.6 is 38.5 Å². The highest BCUT2D eigenvalue weighted by atomic mass is 127. The van der Waals surface area contributed by atoms with E-state index in [-0.39, 0.29) is 12.0 Å². The van der Waals surface area contributed by atoms with Crippen molar-refractivity contribution in [1.29, 1.82) is 0 Å². The van der Waals surface area contributed by atoms with Crippen molar-refractivity contribution in [3.05, 3.63) is 31.6 Å². The first kappa shape index (κ1) is 10.9. The van der Waals surface area contributed by atoms with Gasteiger partial charge < -0.3 is 5.11 Å². The zero-order valence-electron chi connectivity index (χ0n) is 6.35. The number of carboxylic acids is 1. The zero-order chi connectivity index (χ0) is 10.0. The minimum Gasteiger partial charge on any atom is -0.481 e. The average molecular weight is 359 g/mol. The summed E-state index contributed by atoms with van der Waals surface area (Å²) in [7, 11) is 0. The van der Waals surface area contributed by atoms with Gasteiger partial charge in [0.15, 0.2) is 0 Å². The largest absolute Gasteiger partial charge is 0.481 e. The molecular weight excluding hydrogens is 354 g/mol. The van der Waals surface area contributed by atoms with Crippen LogP contribution in [0.15, 0.2) is 16.6 Å². The maximum Gasteiger partial charge on any atom is 0.307 e. The van der Waals surface area contributed by atoms with E-state index in [1.54, 1.807) is 6.07 Å². The molecule has 0 aliphatic rings. The van der Waals surface area contributed by atoms with E-state index in [1.165, 1.54) is 6.07 Å². The number of carbonyl (C=O) groups is 1. The highest BCUT2D eigenvalue weighted by Gasteiger charge is 2.11. The molecule has 0 aromatic heterocycles. The van der Waals surface area contributed by atoms with Gasteiger partial charge >= 0.3 is 5.97 Å². The summed E-state index contributed by atoms with van der Waals surface area (Å²) in [5, 5.41) is 8.47. The fourth-order valence-electron chi connectivity index (χ4n) is 0.865. The molecular formula is C8H5BrFIO2. The Morgan fingerprint density at radius 1 is 1.62 bits per heavy atom. The second kappa shape index (κ2) is 4.36. The van der Waals surface area contributed by atoms with Crippen molar-refractivity contribution in [3.63, 3.8) is 0 Å². The minimum absolute atomic E-state index is 0.208. The third-order valence-electron chi connectivity index (χ3n) is 1.46. The highest BCUT2D eigenvalue weighted by molar-refractivity contribution is 14.1. The summed E-state index contributed by atoms with van der Waals surface area (Å²) in [5.74, 6) is -1.49. The first-order valence-electron chi connectivity index (χ1n) is 3.36. The molecule has 0 spiro atoms. The van der Waals surface area contributed by atoms with Crippen LogP contribution < -0.4 is 0 Å². The van der Waals surface area contributed by atoms with E-state index in [4.69, 9.17) is 5.11 Å². The Kier molecular flexibility index (Phi) is 3.66. The van der Waals surface area contributed by atoms with E-state index in [0.717, 1.165) is 0 Å². The van der Waals surface area contributed by atoms with Crippen LogP contribution in [0.1, 0.15) is 5.56 Å². The molecule has 1 N–H and O–H groups in total. The summed E-state index contributed by atoms with van der Waals surface area (Å²) in [4.78, 5) is 10.3. The molecule has 0 bridgehead atoms. The monoisotopic (exact) mass is 358 g/mol. The van der Waals surface area contributed by atoms with Crippen molar-refractivity contribution in [2.75, 3.05) is 0 Å². The second-order valence-electron chi connectivity index (χ2n) is 2.40. The smallest absolute Gasteiger partial charge is 0.307 e. The topological polar surface area (TPSA) is 37.3 Å². The maximum atomic E-state index is 13.3. The molecule has 1 aromatic carbocycles. The zero-order valence-corrected chi connectivity index (χ0v) is 10.1. The number of halogens is 3. The van der Waals surface area contributed by atoms with Gasteiger partial charge in [-0.1, -0.05) is 6.07 Å². The highest BCUT2D eigenvalue weighted by Crippen LogP contribution is 2.24. The normalized spacial score (nSPS) is 10.1. The fraction of sp³-hybridized carbons (Fsp3) is 0.125. The van der Waals surface area contributed by atoms with E-state index in [9.17, 15) is 9.18 Å². The van der Waals surface area contributed by atoms with Gasteiger partial charge in [0, 0.05) is 10.0 Å². The lowest BCUT2D eigenvalue weighted by atomic mass is 10.1. The number of benzene rings is 1. The molecule has 0 saturated carbocycles. The van der Waals surface area contributed by atoms with Crippen LogP contribution in [-0.2, 0) is 11.2 Å². The first-order valence-corrected chi connectivity index (χ1v) is 5.23. The molecule has 0 heterocycles. The van der Waals surface area contributed by atoms with E-state index in [0.29, 0.717) is 8.04 Å². The second-order valence-corrected chi connectivity index (χ2v) is 4.34. The van der Waals surface area contributed by atoms with Gasteiger partial charge in [0.25, 0.3) is 0 Å². The lowest BCUT2D eigenvalue weighted by molar-refractivity contribution is -0.136. The van der Waals surface area contributed by atoms with Gasteiger partial charge in [0.05, 0.1) is 9.99 Å². The van der Waals surface area contributed by atoms with Gasteiger partial charge in [-0.15, -0.1) is 0 Å². The van der Waals surface area contributed by atoms with Crippen LogP contribution in [0.5, 0.6) is 0 Å². The molecule has 1 rings (SSSR count). The van der Waals surface area contributed by atoms with Crippen LogP contribution in [-0.4, -0.2) is 11.1 Å². The molecule has 2 nitrogen and oxygen atoms in total. The van der Waals surface area contributed by atoms with Crippen molar-refractivity contribution in [3.8, 4) is 0 Å². The van der Waals surface area contributed by atoms with Crippen molar-refractivity contribution in [2.45, 2.75) is 6.42 Å². The lowest BCUT2D eigenvalue weighted by Gasteiger charge is -2.03. The van der Waals surface area contributed by atoms with Gasteiger partial charge in [-0.3, -0.25) is 4.79 Å². The lowest BCUT2D eigenvalue weighted by Crippen LogP contribution is -2.03. The molecule has 0 radical (unpaired) electrons. The van der Waals surface area contributed by atoms with Gasteiger partial charge in [-0.2, -0.15) is 0 Å². The third kappa shape index (κ3) is 2.63. The van der Waals surface area contributed by atoms with Gasteiger partial charge in [-0.25, -0.2) is 4.39 Å². The Bertz CT molecular complexity index is 354. The van der Waals surface area contributed by atoms with E-state index >= 15 is 0 Å². The Hall–Kier alpha value is -0.170. The first-order chi connectivity index (χ1) is 6.02. The van der Waals surface area contributed by atoms with Gasteiger partial charge in [-0.05, 0) is 44.6 Å². The van der Waals surface area contributed by atoms with E-state index < -0.39 is 11.8 Å². The SMILES string of the molecule is O=C(O)Cc1ccc(Br)c(I)c1F. The molecule has 0 atom stereocenters. The van der Waals surface area contributed by atoms with E-state index in [2.05, 4.69) is 15.9 Å². The quantitative estimate of drug-likeness (QED) is 0.652. The van der Waals surface area contributed by atoms with Crippen molar-refractivity contribution < 1.29 is 14.3 Å². The summed E-state index contributed by atoms with van der Waals surface area (Å²) in [6, 6.07) is 3.11. The molecule has 0 aliphatic heterocycles. The maximum absolute atomic E-state index is 13.3. The molecule has 1 aromatic rings. The molecule has 13 heavy (non-hydrogen) atoms. The summed E-state index contributed by atoms with van der Waals surface area (Å²) < 4.78 is 14.4. The minimum atomic E-state index is -1.03.